The summed E-state index contributed by atoms with van der Waals surface area (Å²) in [4.78, 5) is 16.7. The first-order valence-electron chi connectivity index (χ1n) is 3.82. The fourth-order valence-corrected chi connectivity index (χ4v) is 1.08. The van der Waals surface area contributed by atoms with E-state index in [0.717, 1.165) is 0 Å². The predicted molar refractivity (Wildman–Crippen MR) is 49.7 cm³/mol. The zero-order valence-electron chi connectivity index (χ0n) is 7.86. The number of hydrogen-bond acceptors (Lipinski definition) is 5. The Kier molecular flexibility index (Phi) is 3.29. The van der Waals surface area contributed by atoms with Crippen LogP contribution in [-0.2, 0) is 5.92 Å². The van der Waals surface area contributed by atoms with E-state index in [0.29, 0.717) is 0 Å². The van der Waals surface area contributed by atoms with Gasteiger partial charge >= 0.3 is 28.2 Å². The van der Waals surface area contributed by atoms with Gasteiger partial charge in [-0.15, -0.1) is 0 Å². The van der Waals surface area contributed by atoms with Gasteiger partial charge in [-0.05, 0) is 25.8 Å². The van der Waals surface area contributed by atoms with E-state index in [1.807, 2.05) is 0 Å². The van der Waals surface area contributed by atoms with Crippen molar-refractivity contribution in [3.05, 3.63) is 26.1 Å². The number of rotatable bonds is 4. The molecule has 8 nitrogen and oxygen atoms in total. The summed E-state index contributed by atoms with van der Waals surface area (Å²) in [6, 6.07) is 0. The highest BCUT2D eigenvalue weighted by atomic mass is 79.9. The Bertz CT molecular complexity index is 481. The van der Waals surface area contributed by atoms with Crippen LogP contribution in [0.15, 0.2) is 0 Å². The monoisotopic (exact) mass is 336 g/mol. The summed E-state index contributed by atoms with van der Waals surface area (Å²) in [5.74, 6) is -9.95. The Morgan fingerprint density at radius 3 is 1.94 bits per heavy atom. The van der Waals surface area contributed by atoms with Crippen molar-refractivity contribution in [2.75, 3.05) is 0 Å². The lowest BCUT2D eigenvalue weighted by Crippen LogP contribution is -2.33. The second-order valence-electron chi connectivity index (χ2n) is 2.84. The molecule has 1 heterocycles. The first-order chi connectivity index (χ1) is 7.98. The molecular formula is C5HBrF4N4O4. The molecule has 0 amide bonds. The van der Waals surface area contributed by atoms with E-state index in [1.165, 1.54) is 20.9 Å². The molecule has 1 aromatic heterocycles. The van der Waals surface area contributed by atoms with Crippen LogP contribution in [-0.4, -0.2) is 24.6 Å². The third kappa shape index (κ3) is 2.25. The minimum atomic E-state index is -4.98. The molecule has 0 unspecified atom stereocenters. The van der Waals surface area contributed by atoms with Crippen molar-refractivity contribution in [3.63, 3.8) is 0 Å². The normalized spacial score (nSPS) is 12.5. The lowest BCUT2D eigenvalue weighted by Gasteiger charge is -2.14. The highest BCUT2D eigenvalue weighted by molar-refractivity contribution is 9.10. The average molecular weight is 337 g/mol. The van der Waals surface area contributed by atoms with Gasteiger partial charge in [0, 0.05) is 4.98 Å². The van der Waals surface area contributed by atoms with Crippen LogP contribution in [0.3, 0.4) is 0 Å². The van der Waals surface area contributed by atoms with Gasteiger partial charge in [-0.25, -0.2) is 0 Å². The van der Waals surface area contributed by atoms with Crippen molar-refractivity contribution in [2.45, 2.75) is 10.8 Å². The van der Waals surface area contributed by atoms with E-state index >= 15 is 0 Å². The highest BCUT2D eigenvalue weighted by Crippen LogP contribution is 2.46. The number of alkyl halides is 5. The maximum atomic E-state index is 13.0. The minimum Gasteiger partial charge on any atom is -0.358 e. The third-order valence-corrected chi connectivity index (χ3v) is 2.17. The molecule has 1 N–H and O–H groups in total. The van der Waals surface area contributed by atoms with Crippen LogP contribution in [0.25, 0.3) is 0 Å². The quantitative estimate of drug-likeness (QED) is 0.392. The lowest BCUT2D eigenvalue weighted by atomic mass is 10.3. The van der Waals surface area contributed by atoms with Gasteiger partial charge in [-0.1, -0.05) is 0 Å². The minimum absolute atomic E-state index is 1.20. The van der Waals surface area contributed by atoms with Crippen LogP contribution in [0.1, 0.15) is 5.82 Å². The Morgan fingerprint density at radius 2 is 1.67 bits per heavy atom. The van der Waals surface area contributed by atoms with Crippen LogP contribution >= 0.6 is 15.9 Å². The van der Waals surface area contributed by atoms with E-state index in [-0.39, 0.29) is 0 Å². The van der Waals surface area contributed by atoms with E-state index in [9.17, 15) is 37.8 Å². The lowest BCUT2D eigenvalue weighted by molar-refractivity contribution is -0.427. The molecule has 1 aromatic rings. The average Bonchev–Trinajstić information content (AvgIpc) is 2.60. The Labute approximate surface area is 102 Å². The fourth-order valence-electron chi connectivity index (χ4n) is 0.892. The van der Waals surface area contributed by atoms with E-state index in [1.54, 1.807) is 0 Å². The summed E-state index contributed by atoms with van der Waals surface area (Å²) in [5, 5.41) is 20.6. The van der Waals surface area contributed by atoms with Gasteiger partial charge in [-0.2, -0.15) is 22.5 Å². The van der Waals surface area contributed by atoms with Gasteiger partial charge in [0.1, 0.15) is 0 Å². The Balaban J connectivity index is 3.42. The molecule has 0 bridgehead atoms. The number of aromatic amines is 1. The van der Waals surface area contributed by atoms with Gasteiger partial charge in [0.25, 0.3) is 0 Å². The number of aromatic nitrogens is 2. The zero-order valence-corrected chi connectivity index (χ0v) is 9.45. The van der Waals surface area contributed by atoms with Crippen molar-refractivity contribution in [2.24, 2.45) is 0 Å². The number of halogens is 5. The van der Waals surface area contributed by atoms with Crippen molar-refractivity contribution < 1.29 is 27.4 Å². The topological polar surface area (TPSA) is 115 Å². The van der Waals surface area contributed by atoms with Crippen LogP contribution in [0.2, 0.25) is 0 Å². The summed E-state index contributed by atoms with van der Waals surface area (Å²) in [6.07, 6.45) is 0. The Morgan fingerprint density at radius 1 is 1.17 bits per heavy atom. The molecule has 0 radical (unpaired) electrons. The molecule has 0 saturated carbocycles. The first-order valence-corrected chi connectivity index (χ1v) is 4.61. The van der Waals surface area contributed by atoms with Crippen molar-refractivity contribution in [1.29, 1.82) is 0 Å². The summed E-state index contributed by atoms with van der Waals surface area (Å²) in [5.41, 5.74) is 0. The molecule has 13 heteroatoms. The molecule has 1 rings (SSSR count). The van der Waals surface area contributed by atoms with Crippen LogP contribution in [0, 0.1) is 20.2 Å². The predicted octanol–water partition coefficient (Wildman–Crippen LogP) is 2.31. The number of nitrogens with zero attached hydrogens (tertiary/aromatic N) is 3. The maximum absolute atomic E-state index is 13.0. The smallest absolute Gasteiger partial charge is 0.358 e. The number of nitro groups is 2. The molecule has 0 atom stereocenters. The molecule has 0 aliphatic rings. The molecular weight excluding hydrogens is 336 g/mol. The van der Waals surface area contributed by atoms with E-state index in [2.05, 4.69) is 4.98 Å². The molecule has 0 saturated heterocycles. The van der Waals surface area contributed by atoms with Crippen molar-refractivity contribution in [1.82, 2.24) is 9.97 Å². The second kappa shape index (κ2) is 4.15. The first kappa shape index (κ1) is 14.3. The highest BCUT2D eigenvalue weighted by Gasteiger charge is 2.64. The number of nitrogens with one attached hydrogen (secondary N) is 1. The van der Waals surface area contributed by atoms with Crippen molar-refractivity contribution in [3.8, 4) is 0 Å². The maximum Gasteiger partial charge on any atom is 0.462 e. The molecule has 0 aliphatic heterocycles. The second-order valence-corrected chi connectivity index (χ2v) is 3.84. The van der Waals surface area contributed by atoms with E-state index in [4.69, 9.17) is 0 Å². The number of imidazole rings is 1. The molecule has 100 valence electrons. The zero-order chi connectivity index (χ0) is 14.3. The van der Waals surface area contributed by atoms with Crippen LogP contribution < -0.4 is 0 Å². The van der Waals surface area contributed by atoms with Gasteiger partial charge < -0.3 is 20.2 Å². The van der Waals surface area contributed by atoms with Crippen LogP contribution in [0.4, 0.5) is 29.2 Å². The van der Waals surface area contributed by atoms with E-state index < -0.39 is 38.1 Å². The molecule has 0 aromatic carbocycles. The van der Waals surface area contributed by atoms with Gasteiger partial charge in [0.15, 0.2) is 0 Å². The van der Waals surface area contributed by atoms with Crippen molar-refractivity contribution >= 4 is 27.6 Å². The SMILES string of the molecule is O=[N+]([O-])c1nc(C(F)(F)C(F)(F)Br)[nH]c1[N+](=O)[O-]. The molecule has 0 aliphatic carbocycles. The van der Waals surface area contributed by atoms with Gasteiger partial charge in [-0.3, -0.25) is 0 Å². The molecule has 0 fully saturated rings. The summed E-state index contributed by atoms with van der Waals surface area (Å²) < 4.78 is 51.1. The van der Waals surface area contributed by atoms with Gasteiger partial charge in [0.2, 0.25) is 0 Å². The molecule has 18 heavy (non-hydrogen) atoms. The summed E-state index contributed by atoms with van der Waals surface area (Å²) in [6.45, 7) is 0. The summed E-state index contributed by atoms with van der Waals surface area (Å²) >= 11 is 1.36. The standard InChI is InChI=1S/C5HBrF4N4O4/c6-5(9,10)4(7,8)3-11-1(13(15)16)2(12-3)14(17)18/h(H,11,12). The molecule has 0 spiro atoms. The fraction of sp³-hybridized carbons (Fsp3) is 0.400. The summed E-state index contributed by atoms with van der Waals surface area (Å²) in [7, 11) is 0. The van der Waals surface area contributed by atoms with Gasteiger partial charge in [0.05, 0.1) is 0 Å². The number of hydrogen-bond donors (Lipinski definition) is 1. The van der Waals surface area contributed by atoms with Crippen LogP contribution in [0.5, 0.6) is 0 Å². The number of H-pyrrole nitrogens is 1. The largest absolute Gasteiger partial charge is 0.462 e. The third-order valence-electron chi connectivity index (χ3n) is 1.68. The Hall–Kier alpha value is -1.79.